The van der Waals surface area contributed by atoms with Crippen molar-refractivity contribution in [2.24, 2.45) is 11.8 Å². The van der Waals surface area contributed by atoms with Gasteiger partial charge in [-0.05, 0) is 37.5 Å². The molecule has 0 radical (unpaired) electrons. The average molecular weight is 134 g/mol. The summed E-state index contributed by atoms with van der Waals surface area (Å²) in [6.07, 6.45) is 14.8. The van der Waals surface area contributed by atoms with Crippen molar-refractivity contribution in [2.75, 3.05) is 0 Å². The fourth-order valence-electron chi connectivity index (χ4n) is 1.86. The third kappa shape index (κ3) is 1.03. The number of allylic oxidation sites excluding steroid dienone is 4. The molecule has 0 aromatic rings. The van der Waals surface area contributed by atoms with Crippen LogP contribution in [0, 0.1) is 11.8 Å². The lowest BCUT2D eigenvalue weighted by atomic mass is 9.76. The third-order valence-electron chi connectivity index (χ3n) is 2.66. The Morgan fingerprint density at radius 1 is 0.800 bits per heavy atom. The average Bonchev–Trinajstić information content (AvgIpc) is 1.89. The first-order chi connectivity index (χ1) is 4.97. The van der Waals surface area contributed by atoms with Gasteiger partial charge in [-0.25, -0.2) is 0 Å². The van der Waals surface area contributed by atoms with Gasteiger partial charge in [0.2, 0.25) is 0 Å². The first kappa shape index (κ1) is 6.21. The van der Waals surface area contributed by atoms with Gasteiger partial charge < -0.3 is 0 Å². The lowest BCUT2D eigenvalue weighted by Crippen LogP contribution is -2.18. The highest BCUT2D eigenvalue weighted by atomic mass is 14.3. The van der Waals surface area contributed by atoms with Crippen molar-refractivity contribution in [3.63, 3.8) is 0 Å². The topological polar surface area (TPSA) is 0 Å². The van der Waals surface area contributed by atoms with Crippen LogP contribution in [-0.2, 0) is 0 Å². The van der Waals surface area contributed by atoms with E-state index in [1.807, 2.05) is 0 Å². The van der Waals surface area contributed by atoms with E-state index in [2.05, 4.69) is 24.3 Å². The Morgan fingerprint density at radius 2 is 1.30 bits per heavy atom. The number of hydrogen-bond donors (Lipinski definition) is 0. The van der Waals surface area contributed by atoms with E-state index in [1.54, 1.807) is 0 Å². The molecule has 0 amide bonds. The molecule has 54 valence electrons. The van der Waals surface area contributed by atoms with E-state index in [1.165, 1.54) is 25.7 Å². The van der Waals surface area contributed by atoms with E-state index >= 15 is 0 Å². The molecule has 0 aromatic heterocycles. The molecule has 0 aliphatic heterocycles. The molecular weight excluding hydrogens is 120 g/mol. The van der Waals surface area contributed by atoms with Crippen LogP contribution in [-0.4, -0.2) is 0 Å². The first-order valence-corrected chi connectivity index (χ1v) is 4.30. The second kappa shape index (κ2) is 2.61. The van der Waals surface area contributed by atoms with E-state index in [0.29, 0.717) is 0 Å². The van der Waals surface area contributed by atoms with Crippen LogP contribution in [0.25, 0.3) is 0 Å². The Bertz CT molecular complexity index is 145. The minimum atomic E-state index is 0.935. The van der Waals surface area contributed by atoms with Crippen LogP contribution in [0.3, 0.4) is 0 Å². The minimum Gasteiger partial charge on any atom is -0.0885 e. The Labute approximate surface area is 62.6 Å². The number of hydrogen-bond acceptors (Lipinski definition) is 0. The van der Waals surface area contributed by atoms with Gasteiger partial charge in [-0.2, -0.15) is 0 Å². The fourth-order valence-corrected chi connectivity index (χ4v) is 1.86. The highest BCUT2D eigenvalue weighted by Crippen LogP contribution is 2.34. The van der Waals surface area contributed by atoms with Crippen LogP contribution in [0.1, 0.15) is 25.7 Å². The third-order valence-corrected chi connectivity index (χ3v) is 2.66. The van der Waals surface area contributed by atoms with Gasteiger partial charge in [0.05, 0.1) is 0 Å². The summed E-state index contributed by atoms with van der Waals surface area (Å²) in [6.45, 7) is 0. The maximum atomic E-state index is 2.38. The number of rotatable bonds is 0. The van der Waals surface area contributed by atoms with E-state index in [4.69, 9.17) is 0 Å². The molecule has 0 fully saturated rings. The summed E-state index contributed by atoms with van der Waals surface area (Å²) < 4.78 is 0. The maximum absolute atomic E-state index is 2.38. The van der Waals surface area contributed by atoms with Crippen molar-refractivity contribution in [3.05, 3.63) is 24.3 Å². The summed E-state index contributed by atoms with van der Waals surface area (Å²) in [5, 5.41) is 0. The van der Waals surface area contributed by atoms with Gasteiger partial charge in [0.1, 0.15) is 0 Å². The molecule has 0 heterocycles. The second-order valence-electron chi connectivity index (χ2n) is 3.34. The largest absolute Gasteiger partial charge is 0.0885 e. The molecule has 0 spiro atoms. The molecule has 0 nitrogen and oxygen atoms in total. The van der Waals surface area contributed by atoms with Crippen LogP contribution in [0.5, 0.6) is 0 Å². The highest BCUT2D eigenvalue weighted by Gasteiger charge is 2.22. The lowest BCUT2D eigenvalue weighted by molar-refractivity contribution is 0.376. The van der Waals surface area contributed by atoms with Gasteiger partial charge in [-0.3, -0.25) is 0 Å². The van der Waals surface area contributed by atoms with Gasteiger partial charge in [0.25, 0.3) is 0 Å². The highest BCUT2D eigenvalue weighted by molar-refractivity contribution is 5.10. The smallest absolute Gasteiger partial charge is 0.0167 e. The van der Waals surface area contributed by atoms with Crippen molar-refractivity contribution in [1.29, 1.82) is 0 Å². The van der Waals surface area contributed by atoms with Crippen molar-refractivity contribution >= 4 is 0 Å². The predicted molar refractivity (Wildman–Crippen MR) is 43.7 cm³/mol. The van der Waals surface area contributed by atoms with Gasteiger partial charge in [-0.1, -0.05) is 24.3 Å². The Balaban J connectivity index is 1.99. The molecule has 0 aromatic carbocycles. The molecule has 2 aliphatic rings. The summed E-state index contributed by atoms with van der Waals surface area (Å²) in [5.74, 6) is 1.87. The maximum Gasteiger partial charge on any atom is -0.0167 e. The lowest BCUT2D eigenvalue weighted by Gasteiger charge is -2.29. The molecule has 0 saturated heterocycles. The monoisotopic (exact) mass is 134 g/mol. The quantitative estimate of drug-likeness (QED) is 0.447. The van der Waals surface area contributed by atoms with Gasteiger partial charge in [0.15, 0.2) is 0 Å². The van der Waals surface area contributed by atoms with E-state index in [0.717, 1.165) is 11.8 Å². The molecule has 2 aliphatic carbocycles. The molecule has 2 rings (SSSR count). The first-order valence-electron chi connectivity index (χ1n) is 4.30. The fraction of sp³-hybridized carbons (Fsp3) is 0.600. The standard InChI is InChI=1S/C10H14/c1-2-4-6-10-8-7-9(10)5-3-1/h1-2,7-10H,3-6H2/b2-1-/t9-,10+. The summed E-state index contributed by atoms with van der Waals surface area (Å²) >= 11 is 0. The summed E-state index contributed by atoms with van der Waals surface area (Å²) in [4.78, 5) is 0. The van der Waals surface area contributed by atoms with Crippen LogP contribution >= 0.6 is 0 Å². The predicted octanol–water partition coefficient (Wildman–Crippen LogP) is 2.92. The van der Waals surface area contributed by atoms with Crippen molar-refractivity contribution in [2.45, 2.75) is 25.7 Å². The minimum absolute atomic E-state index is 0.935. The molecule has 10 heavy (non-hydrogen) atoms. The zero-order chi connectivity index (χ0) is 6.81. The molecule has 0 heteroatoms. The van der Waals surface area contributed by atoms with Crippen LogP contribution < -0.4 is 0 Å². The van der Waals surface area contributed by atoms with Crippen molar-refractivity contribution in [1.82, 2.24) is 0 Å². The normalized spacial score (nSPS) is 40.8. The van der Waals surface area contributed by atoms with Crippen LogP contribution in [0.15, 0.2) is 24.3 Å². The van der Waals surface area contributed by atoms with Crippen molar-refractivity contribution < 1.29 is 0 Å². The van der Waals surface area contributed by atoms with E-state index in [-0.39, 0.29) is 0 Å². The van der Waals surface area contributed by atoms with Gasteiger partial charge >= 0.3 is 0 Å². The molecule has 0 N–H and O–H groups in total. The molecular formula is C10H14. The summed E-state index contributed by atoms with van der Waals surface area (Å²) in [7, 11) is 0. The van der Waals surface area contributed by atoms with Gasteiger partial charge in [-0.15, -0.1) is 0 Å². The SMILES string of the molecule is C1=C[C@H]2CC/C=C\CC[C@@H]12. The number of fused-ring (bicyclic) bond motifs is 1. The summed E-state index contributed by atoms with van der Waals surface area (Å²) in [6, 6.07) is 0. The van der Waals surface area contributed by atoms with Crippen molar-refractivity contribution in [3.8, 4) is 0 Å². The zero-order valence-corrected chi connectivity index (χ0v) is 6.29. The van der Waals surface area contributed by atoms with Crippen LogP contribution in [0.2, 0.25) is 0 Å². The van der Waals surface area contributed by atoms with Gasteiger partial charge in [0, 0.05) is 0 Å². The molecule has 0 saturated carbocycles. The molecule has 0 unspecified atom stereocenters. The summed E-state index contributed by atoms with van der Waals surface area (Å²) in [5.41, 5.74) is 0. The van der Waals surface area contributed by atoms with E-state index in [9.17, 15) is 0 Å². The Hall–Kier alpha value is -0.520. The molecule has 2 atom stereocenters. The Kier molecular flexibility index (Phi) is 1.62. The van der Waals surface area contributed by atoms with E-state index < -0.39 is 0 Å². The second-order valence-corrected chi connectivity index (χ2v) is 3.34. The molecule has 0 bridgehead atoms. The van der Waals surface area contributed by atoms with Crippen LogP contribution in [0.4, 0.5) is 0 Å². The zero-order valence-electron chi connectivity index (χ0n) is 6.29. The Morgan fingerprint density at radius 3 is 1.70 bits per heavy atom.